The van der Waals surface area contributed by atoms with Gasteiger partial charge in [0.15, 0.2) is 6.61 Å². The fourth-order valence-electron chi connectivity index (χ4n) is 4.52. The van der Waals surface area contributed by atoms with Crippen LogP contribution in [0.1, 0.15) is 31.2 Å². The summed E-state index contributed by atoms with van der Waals surface area (Å²) in [6.45, 7) is 0.755. The first kappa shape index (κ1) is 22.1. The number of nitrogens with zero attached hydrogens (tertiary/aromatic N) is 2. The highest BCUT2D eigenvalue weighted by Gasteiger charge is 2.27. The topological polar surface area (TPSA) is 114 Å². The van der Waals surface area contributed by atoms with Crippen LogP contribution in [-0.2, 0) is 16.1 Å². The molecular weight excluding hydrogens is 434 g/mol. The summed E-state index contributed by atoms with van der Waals surface area (Å²) in [6.07, 6.45) is 5.15. The van der Waals surface area contributed by atoms with E-state index >= 15 is 0 Å². The average Bonchev–Trinajstić information content (AvgIpc) is 2.87. The Kier molecular flexibility index (Phi) is 6.27. The number of benzene rings is 1. The highest BCUT2D eigenvalue weighted by molar-refractivity contribution is 6.00. The molecule has 9 heteroatoms. The molecule has 1 saturated carbocycles. The van der Waals surface area contributed by atoms with Crippen molar-refractivity contribution in [3.05, 3.63) is 48.2 Å². The van der Waals surface area contributed by atoms with E-state index in [2.05, 4.69) is 25.9 Å². The Balaban J connectivity index is 1.14. The van der Waals surface area contributed by atoms with E-state index in [1.807, 2.05) is 24.3 Å². The lowest BCUT2D eigenvalue weighted by atomic mass is 9.85. The molecule has 0 saturated heterocycles. The van der Waals surface area contributed by atoms with Gasteiger partial charge in [0.1, 0.15) is 11.3 Å². The van der Waals surface area contributed by atoms with E-state index in [1.165, 1.54) is 0 Å². The normalized spacial score (nSPS) is 19.6. The van der Waals surface area contributed by atoms with Crippen molar-refractivity contribution in [2.75, 3.05) is 24.4 Å². The van der Waals surface area contributed by atoms with E-state index in [4.69, 9.17) is 9.47 Å². The van der Waals surface area contributed by atoms with E-state index in [9.17, 15) is 9.59 Å². The fourth-order valence-corrected chi connectivity index (χ4v) is 4.52. The highest BCUT2D eigenvalue weighted by atomic mass is 16.5. The summed E-state index contributed by atoms with van der Waals surface area (Å²) in [5.41, 5.74) is 3.78. The van der Waals surface area contributed by atoms with E-state index < -0.39 is 0 Å². The Hall–Kier alpha value is -3.72. The van der Waals surface area contributed by atoms with Crippen LogP contribution >= 0.6 is 0 Å². The first-order chi connectivity index (χ1) is 16.6. The standard InChI is InChI=1S/C25H27N5O4/c1-33-23-9-7-18-24(30-23)19(10-11-26-18)29-25(32)16-3-5-17(6-4-16)27-13-15-2-8-21-20(12-15)28-22(31)14-34-21/h2,7-12,16-17,27H,3-6,13-14H2,1H3,(H,28,31)(H,26,29,32). The van der Waals surface area contributed by atoms with Crippen LogP contribution in [0.15, 0.2) is 42.6 Å². The molecule has 0 atom stereocenters. The molecule has 1 fully saturated rings. The third-order valence-electron chi connectivity index (χ3n) is 6.40. The van der Waals surface area contributed by atoms with Gasteiger partial charge in [-0.15, -0.1) is 0 Å². The van der Waals surface area contributed by atoms with E-state index in [0.29, 0.717) is 46.6 Å². The van der Waals surface area contributed by atoms with Gasteiger partial charge in [0.25, 0.3) is 5.91 Å². The number of anilines is 2. The summed E-state index contributed by atoms with van der Waals surface area (Å²) in [5.74, 6) is 1.02. The molecule has 2 amide bonds. The van der Waals surface area contributed by atoms with Gasteiger partial charge < -0.3 is 25.4 Å². The number of carbonyl (C=O) groups is 2. The Bertz CT molecular complexity index is 1220. The number of hydrogen-bond donors (Lipinski definition) is 3. The van der Waals surface area contributed by atoms with E-state index in [0.717, 1.165) is 31.2 Å². The van der Waals surface area contributed by atoms with Gasteiger partial charge >= 0.3 is 0 Å². The van der Waals surface area contributed by atoms with Gasteiger partial charge in [-0.1, -0.05) is 6.07 Å². The summed E-state index contributed by atoms with van der Waals surface area (Å²) < 4.78 is 10.6. The average molecular weight is 462 g/mol. The number of methoxy groups -OCH3 is 1. The molecule has 0 unspecified atom stereocenters. The second-order valence-corrected chi connectivity index (χ2v) is 8.67. The number of hydrogen-bond acceptors (Lipinski definition) is 7. The Labute approximate surface area is 197 Å². The Morgan fingerprint density at radius 3 is 2.85 bits per heavy atom. The molecule has 176 valence electrons. The SMILES string of the molecule is COc1ccc2nccc(NC(=O)C3CCC(NCc4ccc5c(c4)NC(=O)CO5)CC3)c2n1. The predicted molar refractivity (Wildman–Crippen MR) is 128 cm³/mol. The number of pyridine rings is 2. The van der Waals surface area contributed by atoms with Crippen molar-refractivity contribution in [1.29, 1.82) is 0 Å². The van der Waals surface area contributed by atoms with Crippen molar-refractivity contribution in [3.63, 3.8) is 0 Å². The van der Waals surface area contributed by atoms with Gasteiger partial charge in [-0.2, -0.15) is 0 Å². The molecule has 2 aromatic heterocycles. The van der Waals surface area contributed by atoms with Gasteiger partial charge in [0.2, 0.25) is 11.8 Å². The van der Waals surface area contributed by atoms with Crippen LogP contribution in [0, 0.1) is 5.92 Å². The molecule has 1 aromatic carbocycles. The predicted octanol–water partition coefficient (Wildman–Crippen LogP) is 3.26. The van der Waals surface area contributed by atoms with Gasteiger partial charge in [0, 0.05) is 30.8 Å². The molecule has 1 aliphatic heterocycles. The minimum Gasteiger partial charge on any atom is -0.482 e. The first-order valence-corrected chi connectivity index (χ1v) is 11.5. The molecule has 5 rings (SSSR count). The zero-order valence-corrected chi connectivity index (χ0v) is 19.0. The number of carbonyl (C=O) groups excluding carboxylic acids is 2. The Morgan fingerprint density at radius 1 is 1.18 bits per heavy atom. The lowest BCUT2D eigenvalue weighted by Crippen LogP contribution is -2.36. The quantitative estimate of drug-likeness (QED) is 0.516. The van der Waals surface area contributed by atoms with Gasteiger partial charge in [0.05, 0.1) is 24.0 Å². The van der Waals surface area contributed by atoms with Crippen LogP contribution in [0.2, 0.25) is 0 Å². The second kappa shape index (κ2) is 9.64. The maximum absolute atomic E-state index is 13.0. The lowest BCUT2D eigenvalue weighted by Gasteiger charge is -2.29. The number of aromatic nitrogens is 2. The second-order valence-electron chi connectivity index (χ2n) is 8.67. The molecule has 34 heavy (non-hydrogen) atoms. The molecular formula is C25H27N5O4. The molecule has 2 aliphatic rings. The maximum atomic E-state index is 13.0. The van der Waals surface area contributed by atoms with Gasteiger partial charge in [-0.25, -0.2) is 4.98 Å². The molecule has 1 aliphatic carbocycles. The number of fused-ring (bicyclic) bond motifs is 2. The van der Waals surface area contributed by atoms with Crippen molar-refractivity contribution in [2.24, 2.45) is 5.92 Å². The Morgan fingerprint density at radius 2 is 2.03 bits per heavy atom. The van der Waals surface area contributed by atoms with Crippen molar-refractivity contribution in [1.82, 2.24) is 15.3 Å². The molecule has 0 bridgehead atoms. The zero-order chi connectivity index (χ0) is 23.5. The molecule has 0 spiro atoms. The zero-order valence-electron chi connectivity index (χ0n) is 19.0. The number of ether oxygens (including phenoxy) is 2. The van der Waals surface area contributed by atoms with Crippen LogP contribution in [0.25, 0.3) is 11.0 Å². The maximum Gasteiger partial charge on any atom is 0.262 e. The van der Waals surface area contributed by atoms with Crippen LogP contribution in [-0.4, -0.2) is 41.5 Å². The molecule has 3 heterocycles. The van der Waals surface area contributed by atoms with Crippen molar-refractivity contribution < 1.29 is 19.1 Å². The van der Waals surface area contributed by atoms with Crippen LogP contribution in [0.3, 0.4) is 0 Å². The smallest absolute Gasteiger partial charge is 0.262 e. The van der Waals surface area contributed by atoms with E-state index in [-0.39, 0.29) is 24.3 Å². The number of nitrogens with one attached hydrogen (secondary N) is 3. The summed E-state index contributed by atoms with van der Waals surface area (Å²) in [4.78, 5) is 33.3. The van der Waals surface area contributed by atoms with Gasteiger partial charge in [-0.3, -0.25) is 14.6 Å². The van der Waals surface area contributed by atoms with Crippen LogP contribution < -0.4 is 25.4 Å². The van der Waals surface area contributed by atoms with E-state index in [1.54, 1.807) is 25.4 Å². The minimum absolute atomic E-state index is 0.0148. The third kappa shape index (κ3) is 4.79. The lowest BCUT2D eigenvalue weighted by molar-refractivity contribution is -0.121. The summed E-state index contributed by atoms with van der Waals surface area (Å²) in [5, 5.41) is 9.47. The summed E-state index contributed by atoms with van der Waals surface area (Å²) >= 11 is 0. The molecule has 3 N–H and O–H groups in total. The first-order valence-electron chi connectivity index (χ1n) is 11.5. The molecule has 3 aromatic rings. The summed E-state index contributed by atoms with van der Waals surface area (Å²) in [7, 11) is 1.56. The van der Waals surface area contributed by atoms with Gasteiger partial charge in [-0.05, 0) is 55.5 Å². The van der Waals surface area contributed by atoms with Crippen molar-refractivity contribution in [2.45, 2.75) is 38.3 Å². The summed E-state index contributed by atoms with van der Waals surface area (Å²) in [6, 6.07) is 11.5. The molecule has 9 nitrogen and oxygen atoms in total. The van der Waals surface area contributed by atoms with Crippen LogP contribution in [0.4, 0.5) is 11.4 Å². The van der Waals surface area contributed by atoms with Crippen molar-refractivity contribution in [3.8, 4) is 11.6 Å². The van der Waals surface area contributed by atoms with Crippen LogP contribution in [0.5, 0.6) is 11.6 Å². The third-order valence-corrected chi connectivity index (χ3v) is 6.40. The number of amides is 2. The monoisotopic (exact) mass is 461 g/mol. The largest absolute Gasteiger partial charge is 0.482 e. The number of rotatable bonds is 6. The fraction of sp³-hybridized carbons (Fsp3) is 0.360. The molecule has 0 radical (unpaired) electrons. The van der Waals surface area contributed by atoms with Crippen molar-refractivity contribution >= 4 is 34.2 Å². The highest BCUT2D eigenvalue weighted by Crippen LogP contribution is 2.30. The minimum atomic E-state index is -0.135.